The second-order valence-corrected chi connectivity index (χ2v) is 7.43. The summed E-state index contributed by atoms with van der Waals surface area (Å²) in [5.74, 6) is 0.379. The van der Waals surface area contributed by atoms with Crippen LogP contribution in [0.2, 0.25) is 0 Å². The number of rotatable bonds is 13. The van der Waals surface area contributed by atoms with Crippen LogP contribution in [0.15, 0.2) is 42.0 Å². The molecule has 0 aliphatic heterocycles. The van der Waals surface area contributed by atoms with E-state index in [1.807, 2.05) is 19.9 Å². The zero-order valence-electron chi connectivity index (χ0n) is 20.4. The normalized spacial score (nSPS) is 10.8. The molecule has 34 heavy (non-hydrogen) atoms. The monoisotopic (exact) mass is 474 g/mol. The summed E-state index contributed by atoms with van der Waals surface area (Å²) in [5, 5.41) is 0. The molecule has 0 fully saturated rings. The van der Waals surface area contributed by atoms with Crippen LogP contribution in [0.1, 0.15) is 35.3 Å². The van der Waals surface area contributed by atoms with Gasteiger partial charge >= 0.3 is 0 Å². The molecule has 2 aromatic rings. The largest absolute Gasteiger partial charge is 0.497 e. The number of ether oxygens (including phenoxy) is 6. The van der Waals surface area contributed by atoms with Gasteiger partial charge in [0.15, 0.2) is 19.4 Å². The van der Waals surface area contributed by atoms with E-state index in [2.05, 4.69) is 0 Å². The van der Waals surface area contributed by atoms with E-state index >= 15 is 0 Å². The number of hydrogen-bond acceptors (Lipinski definition) is 7. The number of carbonyl (C=O) groups excluding carboxylic acids is 1. The first-order valence-corrected chi connectivity index (χ1v) is 10.5. The summed E-state index contributed by atoms with van der Waals surface area (Å²) in [6.07, 6.45) is 5.07. The van der Waals surface area contributed by atoms with Crippen LogP contribution in [0.5, 0.6) is 23.0 Å². The van der Waals surface area contributed by atoms with Gasteiger partial charge in [-0.05, 0) is 44.6 Å². The van der Waals surface area contributed by atoms with E-state index in [1.165, 1.54) is 52.7 Å². The standard InChI is InChI=1S/C26H31FO7/c1-17(2)7-11-20-23(33-15-29-3)14-24(32-6)25(26(20)34-16-30-4)22(28)12-9-18-8-10-19(31-5)13-21(18)27/h7-10,12-14H,11,15-16H2,1-6H3/b12-9+. The van der Waals surface area contributed by atoms with Gasteiger partial charge in [0.2, 0.25) is 0 Å². The van der Waals surface area contributed by atoms with Crippen molar-refractivity contribution < 1.29 is 37.6 Å². The first kappa shape index (κ1) is 26.9. The molecule has 2 aromatic carbocycles. The van der Waals surface area contributed by atoms with Crippen molar-refractivity contribution >= 4 is 11.9 Å². The van der Waals surface area contributed by atoms with Crippen molar-refractivity contribution in [1.29, 1.82) is 0 Å². The Morgan fingerprint density at radius 3 is 2.24 bits per heavy atom. The van der Waals surface area contributed by atoms with Gasteiger partial charge in [-0.3, -0.25) is 4.79 Å². The maximum absolute atomic E-state index is 14.3. The number of ketones is 1. The fraction of sp³-hybridized carbons (Fsp3) is 0.346. The average molecular weight is 475 g/mol. The highest BCUT2D eigenvalue weighted by molar-refractivity contribution is 6.11. The molecule has 0 bridgehead atoms. The van der Waals surface area contributed by atoms with Crippen molar-refractivity contribution in [1.82, 2.24) is 0 Å². The van der Waals surface area contributed by atoms with Crippen molar-refractivity contribution in [3.8, 4) is 23.0 Å². The first-order valence-electron chi connectivity index (χ1n) is 10.5. The number of halogens is 1. The van der Waals surface area contributed by atoms with Gasteiger partial charge in [-0.25, -0.2) is 4.39 Å². The predicted molar refractivity (Wildman–Crippen MR) is 127 cm³/mol. The van der Waals surface area contributed by atoms with Gasteiger partial charge in [0.1, 0.15) is 34.4 Å². The quantitative estimate of drug-likeness (QED) is 0.171. The van der Waals surface area contributed by atoms with Gasteiger partial charge in [-0.15, -0.1) is 0 Å². The summed E-state index contributed by atoms with van der Waals surface area (Å²) < 4.78 is 46.6. The highest BCUT2D eigenvalue weighted by Crippen LogP contribution is 2.41. The molecule has 0 amide bonds. The maximum atomic E-state index is 14.3. The van der Waals surface area contributed by atoms with Gasteiger partial charge in [0, 0.05) is 37.5 Å². The van der Waals surface area contributed by atoms with Crippen LogP contribution in [0.25, 0.3) is 6.08 Å². The zero-order valence-corrected chi connectivity index (χ0v) is 20.4. The van der Waals surface area contributed by atoms with Crippen LogP contribution in [0.4, 0.5) is 4.39 Å². The molecule has 0 heterocycles. The molecule has 0 aromatic heterocycles. The van der Waals surface area contributed by atoms with Crippen LogP contribution in [-0.2, 0) is 15.9 Å². The Morgan fingerprint density at radius 2 is 1.65 bits per heavy atom. The third-order valence-electron chi connectivity index (χ3n) is 4.76. The van der Waals surface area contributed by atoms with Crippen LogP contribution in [0.3, 0.4) is 0 Å². The molecule has 184 valence electrons. The molecule has 0 saturated carbocycles. The lowest BCUT2D eigenvalue weighted by molar-refractivity contribution is 0.0441. The van der Waals surface area contributed by atoms with Crippen LogP contribution < -0.4 is 18.9 Å². The van der Waals surface area contributed by atoms with Crippen molar-refractivity contribution in [2.24, 2.45) is 0 Å². The number of benzene rings is 2. The van der Waals surface area contributed by atoms with E-state index < -0.39 is 11.6 Å². The van der Waals surface area contributed by atoms with Crippen molar-refractivity contribution in [2.45, 2.75) is 20.3 Å². The lowest BCUT2D eigenvalue weighted by atomic mass is 9.99. The Hall–Kier alpha value is -3.36. The van der Waals surface area contributed by atoms with Crippen LogP contribution in [-0.4, -0.2) is 47.8 Å². The Bertz CT molecular complexity index is 1040. The Kier molecular flexibility index (Phi) is 10.6. The summed E-state index contributed by atoms with van der Waals surface area (Å²) in [5.41, 5.74) is 2.11. The smallest absolute Gasteiger partial charge is 0.193 e. The Labute approximate surface area is 199 Å². The maximum Gasteiger partial charge on any atom is 0.193 e. The van der Waals surface area contributed by atoms with Gasteiger partial charge < -0.3 is 28.4 Å². The second-order valence-electron chi connectivity index (χ2n) is 7.43. The van der Waals surface area contributed by atoms with Gasteiger partial charge in [0.25, 0.3) is 0 Å². The lowest BCUT2D eigenvalue weighted by Gasteiger charge is -2.20. The molecule has 7 nitrogen and oxygen atoms in total. The summed E-state index contributed by atoms with van der Waals surface area (Å²) in [7, 11) is 5.88. The van der Waals surface area contributed by atoms with Crippen LogP contribution >= 0.6 is 0 Å². The number of methoxy groups -OCH3 is 4. The van der Waals surface area contributed by atoms with E-state index in [1.54, 1.807) is 12.1 Å². The minimum absolute atomic E-state index is 0.00135. The van der Waals surface area contributed by atoms with Crippen molar-refractivity contribution in [3.63, 3.8) is 0 Å². The van der Waals surface area contributed by atoms with E-state index in [9.17, 15) is 9.18 Å². The molecule has 0 saturated heterocycles. The SMILES string of the molecule is COCOc1cc(OC)c(C(=O)/C=C/c2ccc(OC)cc2F)c(OCOC)c1CC=C(C)C. The van der Waals surface area contributed by atoms with Gasteiger partial charge in [0.05, 0.1) is 14.2 Å². The number of hydrogen-bond donors (Lipinski definition) is 0. The van der Waals surface area contributed by atoms with Crippen molar-refractivity contribution in [2.75, 3.05) is 42.0 Å². The lowest BCUT2D eigenvalue weighted by Crippen LogP contribution is -2.12. The molecule has 8 heteroatoms. The topological polar surface area (TPSA) is 72.5 Å². The minimum atomic E-state index is -0.515. The van der Waals surface area contributed by atoms with Gasteiger partial charge in [-0.2, -0.15) is 0 Å². The average Bonchev–Trinajstić information content (AvgIpc) is 2.83. The molecule has 0 unspecified atom stereocenters. The highest BCUT2D eigenvalue weighted by atomic mass is 19.1. The second kappa shape index (κ2) is 13.4. The summed E-state index contributed by atoms with van der Waals surface area (Å²) in [6, 6.07) is 6.00. The molecule has 0 radical (unpaired) electrons. The molecular weight excluding hydrogens is 443 g/mol. The molecule has 0 N–H and O–H groups in total. The molecule has 0 spiro atoms. The predicted octanol–water partition coefficient (Wildman–Crippen LogP) is 5.21. The summed E-state index contributed by atoms with van der Waals surface area (Å²) in [4.78, 5) is 13.3. The van der Waals surface area contributed by atoms with E-state index in [0.717, 1.165) is 5.57 Å². The van der Waals surface area contributed by atoms with Crippen molar-refractivity contribution in [3.05, 3.63) is 64.5 Å². The molecule has 0 aliphatic carbocycles. The third kappa shape index (κ3) is 7.07. The summed E-state index contributed by atoms with van der Waals surface area (Å²) in [6.45, 7) is 3.83. The molecular formula is C26H31FO7. The fourth-order valence-corrected chi connectivity index (χ4v) is 3.09. The summed E-state index contributed by atoms with van der Waals surface area (Å²) >= 11 is 0. The van der Waals surface area contributed by atoms with E-state index in [-0.39, 0.29) is 36.2 Å². The van der Waals surface area contributed by atoms with Crippen LogP contribution in [0, 0.1) is 5.82 Å². The first-order chi connectivity index (χ1) is 16.4. The molecule has 0 aliphatic rings. The minimum Gasteiger partial charge on any atom is -0.497 e. The number of carbonyl (C=O) groups is 1. The highest BCUT2D eigenvalue weighted by Gasteiger charge is 2.25. The fourth-order valence-electron chi connectivity index (χ4n) is 3.09. The Balaban J connectivity index is 2.61. The zero-order chi connectivity index (χ0) is 25.1. The van der Waals surface area contributed by atoms with E-state index in [0.29, 0.717) is 23.5 Å². The third-order valence-corrected chi connectivity index (χ3v) is 4.76. The van der Waals surface area contributed by atoms with E-state index in [4.69, 9.17) is 28.4 Å². The Morgan fingerprint density at radius 1 is 0.941 bits per heavy atom. The number of allylic oxidation sites excluding steroid dienone is 3. The molecule has 2 rings (SSSR count). The molecule has 0 atom stereocenters. The van der Waals surface area contributed by atoms with Gasteiger partial charge in [-0.1, -0.05) is 11.6 Å².